The van der Waals surface area contributed by atoms with Crippen LogP contribution < -0.4 is 15.5 Å². The summed E-state index contributed by atoms with van der Waals surface area (Å²) >= 11 is 17.8. The number of anilines is 2. The van der Waals surface area contributed by atoms with Crippen molar-refractivity contribution < 1.29 is 14.0 Å². The largest absolute Gasteiger partial charge is 0.451 e. The highest BCUT2D eigenvalue weighted by Gasteiger charge is 2.20. The number of hydrogen-bond donors (Lipinski definition) is 2. The summed E-state index contributed by atoms with van der Waals surface area (Å²) in [4.78, 5) is 28.0. The standard InChI is InChI=1S/C24H22Cl2N4O3S/c1-15(31)29-9-11-30(12-10-29)20-6-5-18(14-19(20)26)27-24(34)28-23(32)22-8-7-21(33-22)16-3-2-4-17(25)13-16/h2-8,13-14H,9-12H2,1H3,(H2,27,28,32,34). The van der Waals surface area contributed by atoms with Crippen molar-refractivity contribution in [2.24, 2.45) is 0 Å². The van der Waals surface area contributed by atoms with Crippen LogP contribution in [0.2, 0.25) is 10.0 Å². The number of nitrogens with zero attached hydrogens (tertiary/aromatic N) is 2. The highest BCUT2D eigenvalue weighted by molar-refractivity contribution is 7.80. The SMILES string of the molecule is CC(=O)N1CCN(c2ccc(NC(=S)NC(=O)c3ccc(-c4cccc(Cl)c4)o3)cc2Cl)CC1. The Bertz CT molecular complexity index is 1240. The van der Waals surface area contributed by atoms with Crippen molar-refractivity contribution in [1.29, 1.82) is 0 Å². The molecule has 1 aromatic heterocycles. The van der Waals surface area contributed by atoms with E-state index in [4.69, 9.17) is 39.8 Å². The highest BCUT2D eigenvalue weighted by atomic mass is 35.5. The molecule has 1 saturated heterocycles. The van der Waals surface area contributed by atoms with Gasteiger partial charge in [-0.3, -0.25) is 14.9 Å². The van der Waals surface area contributed by atoms with Gasteiger partial charge in [0.15, 0.2) is 10.9 Å². The monoisotopic (exact) mass is 516 g/mol. The number of piperazine rings is 1. The third kappa shape index (κ3) is 5.70. The Labute approximate surface area is 212 Å². The van der Waals surface area contributed by atoms with E-state index in [9.17, 15) is 9.59 Å². The number of benzene rings is 2. The van der Waals surface area contributed by atoms with Gasteiger partial charge < -0.3 is 19.5 Å². The minimum absolute atomic E-state index is 0.0797. The summed E-state index contributed by atoms with van der Waals surface area (Å²) in [6.45, 7) is 4.32. The number of furan rings is 1. The molecule has 2 amide bonds. The Kier molecular flexibility index (Phi) is 7.41. The molecule has 176 valence electrons. The van der Waals surface area contributed by atoms with Crippen LogP contribution >= 0.6 is 35.4 Å². The smallest absolute Gasteiger partial charge is 0.293 e. The fourth-order valence-corrected chi connectivity index (χ4v) is 4.39. The molecule has 2 heterocycles. The summed E-state index contributed by atoms with van der Waals surface area (Å²) in [6, 6.07) is 15.9. The van der Waals surface area contributed by atoms with Gasteiger partial charge in [-0.25, -0.2) is 0 Å². The summed E-state index contributed by atoms with van der Waals surface area (Å²) in [5, 5.41) is 6.81. The van der Waals surface area contributed by atoms with Crippen LogP contribution in [0.5, 0.6) is 0 Å². The van der Waals surface area contributed by atoms with Gasteiger partial charge in [0.1, 0.15) is 5.76 Å². The van der Waals surface area contributed by atoms with Crippen molar-refractivity contribution in [3.8, 4) is 11.3 Å². The number of hydrogen-bond acceptors (Lipinski definition) is 5. The first-order valence-electron chi connectivity index (χ1n) is 10.6. The molecule has 4 rings (SSSR count). The van der Waals surface area contributed by atoms with Crippen molar-refractivity contribution in [1.82, 2.24) is 10.2 Å². The molecule has 0 atom stereocenters. The van der Waals surface area contributed by atoms with Gasteiger partial charge in [0, 0.05) is 49.4 Å². The first-order valence-corrected chi connectivity index (χ1v) is 11.7. The van der Waals surface area contributed by atoms with E-state index in [1.165, 1.54) is 0 Å². The molecule has 0 saturated carbocycles. The average Bonchev–Trinajstić information content (AvgIpc) is 3.30. The minimum Gasteiger partial charge on any atom is -0.451 e. The van der Waals surface area contributed by atoms with Crippen molar-refractivity contribution >= 4 is 63.7 Å². The van der Waals surface area contributed by atoms with Crippen LogP contribution in [0.1, 0.15) is 17.5 Å². The van der Waals surface area contributed by atoms with Gasteiger partial charge in [0.25, 0.3) is 5.91 Å². The van der Waals surface area contributed by atoms with Gasteiger partial charge in [-0.05, 0) is 54.7 Å². The van der Waals surface area contributed by atoms with Crippen molar-refractivity contribution in [3.63, 3.8) is 0 Å². The first-order chi connectivity index (χ1) is 16.3. The average molecular weight is 517 g/mol. The number of rotatable bonds is 4. The predicted octanol–water partition coefficient (Wildman–Crippen LogP) is 5.05. The molecule has 1 fully saturated rings. The maximum absolute atomic E-state index is 12.5. The van der Waals surface area contributed by atoms with Crippen LogP contribution in [0.25, 0.3) is 11.3 Å². The Morgan fingerprint density at radius 3 is 2.44 bits per heavy atom. The van der Waals surface area contributed by atoms with Gasteiger partial charge in [-0.2, -0.15) is 0 Å². The predicted molar refractivity (Wildman–Crippen MR) is 139 cm³/mol. The zero-order valence-corrected chi connectivity index (χ0v) is 20.6. The van der Waals surface area contributed by atoms with E-state index in [1.54, 1.807) is 43.3 Å². The lowest BCUT2D eigenvalue weighted by Crippen LogP contribution is -2.48. The van der Waals surface area contributed by atoms with Gasteiger partial charge in [-0.15, -0.1) is 0 Å². The Balaban J connectivity index is 1.35. The van der Waals surface area contributed by atoms with Gasteiger partial charge in [0.05, 0.1) is 10.7 Å². The number of nitrogens with one attached hydrogen (secondary N) is 2. The van der Waals surface area contributed by atoms with Crippen LogP contribution in [0, 0.1) is 0 Å². The van der Waals surface area contributed by atoms with Crippen LogP contribution in [0.15, 0.2) is 59.0 Å². The molecule has 3 aromatic rings. The number of carbonyl (C=O) groups excluding carboxylic acids is 2. The molecular formula is C24H22Cl2N4O3S. The number of halogens is 2. The molecule has 0 bridgehead atoms. The summed E-state index contributed by atoms with van der Waals surface area (Å²) in [7, 11) is 0. The van der Waals surface area contributed by atoms with Gasteiger partial charge >= 0.3 is 0 Å². The molecule has 0 spiro atoms. The fourth-order valence-electron chi connectivity index (χ4n) is 3.69. The second-order valence-electron chi connectivity index (χ2n) is 7.74. The van der Waals surface area contributed by atoms with E-state index in [1.807, 2.05) is 23.1 Å². The topological polar surface area (TPSA) is 77.8 Å². The number of thiocarbonyl (C=S) groups is 1. The fraction of sp³-hybridized carbons (Fsp3) is 0.208. The molecule has 2 aromatic carbocycles. The lowest BCUT2D eigenvalue weighted by Gasteiger charge is -2.36. The normalized spacial score (nSPS) is 13.5. The summed E-state index contributed by atoms with van der Waals surface area (Å²) < 4.78 is 5.65. The molecule has 0 aliphatic carbocycles. The summed E-state index contributed by atoms with van der Waals surface area (Å²) in [5.41, 5.74) is 2.29. The molecule has 1 aliphatic heterocycles. The lowest BCUT2D eigenvalue weighted by atomic mass is 10.2. The maximum atomic E-state index is 12.5. The van der Waals surface area contributed by atoms with Crippen molar-refractivity contribution in [3.05, 3.63) is 70.4 Å². The Morgan fingerprint density at radius 1 is 1.00 bits per heavy atom. The second kappa shape index (κ2) is 10.5. The molecule has 2 N–H and O–H groups in total. The van der Waals surface area contributed by atoms with Crippen LogP contribution in [0.4, 0.5) is 11.4 Å². The second-order valence-corrected chi connectivity index (χ2v) is 8.99. The lowest BCUT2D eigenvalue weighted by molar-refractivity contribution is -0.129. The minimum atomic E-state index is -0.475. The van der Waals surface area contributed by atoms with E-state index in [0.29, 0.717) is 47.7 Å². The van der Waals surface area contributed by atoms with Crippen LogP contribution in [0.3, 0.4) is 0 Å². The third-order valence-corrected chi connectivity index (χ3v) is 6.18. The van der Waals surface area contributed by atoms with Crippen LogP contribution in [-0.2, 0) is 4.79 Å². The Morgan fingerprint density at radius 2 is 1.76 bits per heavy atom. The van der Waals surface area contributed by atoms with E-state index in [-0.39, 0.29) is 16.8 Å². The molecule has 0 unspecified atom stereocenters. The zero-order valence-electron chi connectivity index (χ0n) is 18.3. The quantitative estimate of drug-likeness (QED) is 0.472. The number of carbonyl (C=O) groups is 2. The highest BCUT2D eigenvalue weighted by Crippen LogP contribution is 2.30. The van der Waals surface area contributed by atoms with E-state index in [2.05, 4.69) is 15.5 Å². The first kappa shape index (κ1) is 24.1. The van der Waals surface area contributed by atoms with Gasteiger partial charge in [0.2, 0.25) is 5.91 Å². The summed E-state index contributed by atoms with van der Waals surface area (Å²) in [5.74, 6) is 0.253. The van der Waals surface area contributed by atoms with E-state index in [0.717, 1.165) is 11.3 Å². The summed E-state index contributed by atoms with van der Waals surface area (Å²) in [6.07, 6.45) is 0. The molecule has 0 radical (unpaired) electrons. The number of amides is 2. The van der Waals surface area contributed by atoms with Crippen molar-refractivity contribution in [2.75, 3.05) is 36.4 Å². The van der Waals surface area contributed by atoms with E-state index < -0.39 is 5.91 Å². The Hall–Kier alpha value is -3.07. The van der Waals surface area contributed by atoms with E-state index >= 15 is 0 Å². The maximum Gasteiger partial charge on any atom is 0.293 e. The molecule has 1 aliphatic rings. The molecule has 10 heteroatoms. The molecule has 34 heavy (non-hydrogen) atoms. The van der Waals surface area contributed by atoms with Crippen LogP contribution in [-0.4, -0.2) is 48.0 Å². The zero-order chi connectivity index (χ0) is 24.2. The molecular weight excluding hydrogens is 495 g/mol. The van der Waals surface area contributed by atoms with Crippen molar-refractivity contribution in [2.45, 2.75) is 6.92 Å². The third-order valence-electron chi connectivity index (χ3n) is 5.44. The molecule has 7 nitrogen and oxygen atoms in total. The van der Waals surface area contributed by atoms with Gasteiger partial charge in [-0.1, -0.05) is 35.3 Å².